The second-order valence-corrected chi connectivity index (χ2v) is 7.79. The number of benzene rings is 1. The van der Waals surface area contributed by atoms with Crippen LogP contribution in [0.4, 0.5) is 0 Å². The van der Waals surface area contributed by atoms with Crippen molar-refractivity contribution in [2.24, 2.45) is 0 Å². The Bertz CT molecular complexity index is 1120. The number of hydrogen-bond acceptors (Lipinski definition) is 4. The van der Waals surface area contributed by atoms with Crippen LogP contribution in [0.15, 0.2) is 97.7 Å². The first-order valence-corrected chi connectivity index (χ1v) is 10.1. The third-order valence-corrected chi connectivity index (χ3v) is 6.00. The molecule has 0 bridgehead atoms. The van der Waals surface area contributed by atoms with Crippen LogP contribution in [0.5, 0.6) is 0 Å². The van der Waals surface area contributed by atoms with Gasteiger partial charge < -0.3 is 0 Å². The van der Waals surface area contributed by atoms with Gasteiger partial charge in [-0.15, -0.1) is 0 Å². The molecule has 0 saturated carbocycles. The average molecular weight is 391 g/mol. The molecule has 0 fully saturated rings. The third-order valence-electron chi connectivity index (χ3n) is 6.00. The molecule has 1 unspecified atom stereocenters. The first-order valence-electron chi connectivity index (χ1n) is 10.1. The van der Waals surface area contributed by atoms with Gasteiger partial charge in [-0.25, -0.2) is 0 Å². The summed E-state index contributed by atoms with van der Waals surface area (Å²) in [5.74, 6) is -0.151. The smallest absolute Gasteiger partial charge is 0.157 e. The first kappa shape index (κ1) is 18.4. The van der Waals surface area contributed by atoms with Crippen molar-refractivity contribution in [1.29, 1.82) is 0 Å². The van der Waals surface area contributed by atoms with Gasteiger partial charge in [0.05, 0.1) is 17.0 Å². The van der Waals surface area contributed by atoms with Gasteiger partial charge in [0, 0.05) is 31.0 Å². The Morgan fingerprint density at radius 1 is 0.700 bits per heavy atom. The lowest BCUT2D eigenvalue weighted by Crippen LogP contribution is -2.38. The van der Waals surface area contributed by atoms with Crippen molar-refractivity contribution in [1.82, 2.24) is 15.0 Å². The fourth-order valence-corrected chi connectivity index (χ4v) is 4.67. The lowest BCUT2D eigenvalue weighted by molar-refractivity contribution is -0.124. The Morgan fingerprint density at radius 2 is 1.30 bits per heavy atom. The van der Waals surface area contributed by atoms with Crippen molar-refractivity contribution in [3.8, 4) is 0 Å². The zero-order chi connectivity index (χ0) is 20.4. The highest BCUT2D eigenvalue weighted by atomic mass is 16.1. The monoisotopic (exact) mass is 391 g/mol. The lowest BCUT2D eigenvalue weighted by Gasteiger charge is -2.30. The number of fused-ring (bicyclic) bond motifs is 1. The summed E-state index contributed by atoms with van der Waals surface area (Å²) in [4.78, 5) is 27.2. The molecule has 30 heavy (non-hydrogen) atoms. The van der Waals surface area contributed by atoms with Crippen molar-refractivity contribution >= 4 is 5.78 Å². The maximum absolute atomic E-state index is 14.2. The van der Waals surface area contributed by atoms with E-state index in [1.807, 2.05) is 60.7 Å². The number of aromatic nitrogens is 3. The van der Waals surface area contributed by atoms with Crippen LogP contribution in [0.2, 0.25) is 0 Å². The molecule has 0 spiro atoms. The van der Waals surface area contributed by atoms with Gasteiger partial charge in [-0.05, 0) is 65.4 Å². The number of nitrogens with zero attached hydrogens (tertiary/aromatic N) is 3. The zero-order valence-electron chi connectivity index (χ0n) is 16.5. The van der Waals surface area contributed by atoms with Crippen molar-refractivity contribution < 1.29 is 4.79 Å². The molecule has 3 heterocycles. The molecule has 5 rings (SSSR count). The molecule has 0 N–H and O–H groups in total. The molecule has 4 aromatic rings. The van der Waals surface area contributed by atoms with Gasteiger partial charge in [0.1, 0.15) is 0 Å². The number of pyridine rings is 3. The van der Waals surface area contributed by atoms with Crippen LogP contribution < -0.4 is 0 Å². The largest absolute Gasteiger partial charge is 0.298 e. The number of ketones is 1. The van der Waals surface area contributed by atoms with Crippen molar-refractivity contribution in [2.75, 3.05) is 0 Å². The zero-order valence-corrected chi connectivity index (χ0v) is 16.5. The molecule has 0 saturated heterocycles. The maximum Gasteiger partial charge on any atom is 0.157 e. The van der Waals surface area contributed by atoms with E-state index in [-0.39, 0.29) is 11.7 Å². The van der Waals surface area contributed by atoms with Crippen LogP contribution in [0.3, 0.4) is 0 Å². The summed E-state index contributed by atoms with van der Waals surface area (Å²) in [6.45, 7) is 0. The van der Waals surface area contributed by atoms with E-state index in [1.165, 1.54) is 0 Å². The molecule has 0 aliphatic heterocycles. The standard InChI is InChI=1S/C26H21N3O/c30-25-23(21-5-2-1-3-6-21)24-22(7-4-12-29-24)26(25,17-19-8-13-27-14-9-19)18-20-10-15-28-16-11-20/h1-16,23H,17-18H2. The van der Waals surface area contributed by atoms with Gasteiger partial charge in [-0.3, -0.25) is 19.7 Å². The van der Waals surface area contributed by atoms with Gasteiger partial charge in [-0.2, -0.15) is 0 Å². The van der Waals surface area contributed by atoms with Crippen LogP contribution in [-0.4, -0.2) is 20.7 Å². The second kappa shape index (κ2) is 7.64. The topological polar surface area (TPSA) is 55.7 Å². The Labute approximate surface area is 175 Å². The number of carbonyl (C=O) groups is 1. The minimum Gasteiger partial charge on any atom is -0.298 e. The summed E-state index contributed by atoms with van der Waals surface area (Å²) in [5.41, 5.74) is 4.39. The molecule has 1 aromatic carbocycles. The maximum atomic E-state index is 14.2. The highest BCUT2D eigenvalue weighted by Gasteiger charge is 2.52. The predicted molar refractivity (Wildman–Crippen MR) is 115 cm³/mol. The minimum atomic E-state index is -0.688. The summed E-state index contributed by atoms with van der Waals surface area (Å²) in [6, 6.07) is 22.0. The van der Waals surface area contributed by atoms with Gasteiger partial charge in [0.15, 0.2) is 5.78 Å². The second-order valence-electron chi connectivity index (χ2n) is 7.79. The molecule has 0 radical (unpaired) electrons. The fraction of sp³-hybridized carbons (Fsp3) is 0.154. The summed E-state index contributed by atoms with van der Waals surface area (Å²) in [6.07, 6.45) is 10.2. The quantitative estimate of drug-likeness (QED) is 0.509. The van der Waals surface area contributed by atoms with Crippen molar-refractivity contribution in [3.63, 3.8) is 0 Å². The highest BCUT2D eigenvalue weighted by Crippen LogP contribution is 2.48. The van der Waals surface area contributed by atoms with E-state index in [0.29, 0.717) is 12.8 Å². The summed E-state index contributed by atoms with van der Waals surface area (Å²) >= 11 is 0. The van der Waals surface area contributed by atoms with Crippen molar-refractivity contribution in [3.05, 3.63) is 126 Å². The molecule has 146 valence electrons. The Kier molecular flexibility index (Phi) is 4.68. The number of hydrogen-bond donors (Lipinski definition) is 0. The highest BCUT2D eigenvalue weighted by molar-refractivity contribution is 6.02. The van der Waals surface area contributed by atoms with E-state index in [2.05, 4.69) is 16.0 Å². The van der Waals surface area contributed by atoms with E-state index < -0.39 is 5.41 Å². The lowest BCUT2D eigenvalue weighted by atomic mass is 9.71. The van der Waals surface area contributed by atoms with E-state index in [9.17, 15) is 4.79 Å². The Morgan fingerprint density at radius 3 is 1.90 bits per heavy atom. The van der Waals surface area contributed by atoms with Crippen molar-refractivity contribution in [2.45, 2.75) is 24.2 Å². The van der Waals surface area contributed by atoms with E-state index >= 15 is 0 Å². The van der Waals surface area contributed by atoms with Crippen LogP contribution in [0, 0.1) is 0 Å². The number of carbonyl (C=O) groups excluding carboxylic acids is 1. The Hall–Kier alpha value is -3.66. The van der Waals surface area contributed by atoms with Crippen LogP contribution in [-0.2, 0) is 23.1 Å². The van der Waals surface area contributed by atoms with Crippen LogP contribution in [0.1, 0.15) is 33.9 Å². The summed E-state index contributed by atoms with van der Waals surface area (Å²) in [5, 5.41) is 0. The normalized spacial score (nSPS) is 16.9. The fourth-order valence-electron chi connectivity index (χ4n) is 4.67. The molecule has 3 aromatic heterocycles. The van der Waals surface area contributed by atoms with E-state index in [4.69, 9.17) is 4.98 Å². The molecule has 1 aliphatic rings. The molecule has 1 aliphatic carbocycles. The van der Waals surface area contributed by atoms with Crippen LogP contribution >= 0.6 is 0 Å². The Balaban J connectivity index is 1.70. The molecular formula is C26H21N3O. The third kappa shape index (κ3) is 3.11. The van der Waals surface area contributed by atoms with E-state index in [0.717, 1.165) is 27.9 Å². The minimum absolute atomic E-state index is 0.205. The van der Waals surface area contributed by atoms with Crippen LogP contribution in [0.25, 0.3) is 0 Å². The van der Waals surface area contributed by atoms with Gasteiger partial charge >= 0.3 is 0 Å². The molecule has 0 amide bonds. The van der Waals surface area contributed by atoms with E-state index in [1.54, 1.807) is 31.0 Å². The van der Waals surface area contributed by atoms with Gasteiger partial charge in [0.2, 0.25) is 0 Å². The molecule has 4 nitrogen and oxygen atoms in total. The van der Waals surface area contributed by atoms with Gasteiger partial charge in [-0.1, -0.05) is 36.4 Å². The molecule has 4 heteroatoms. The molecular weight excluding hydrogens is 370 g/mol. The first-order chi connectivity index (χ1) is 14.8. The SMILES string of the molecule is O=C1C(c2ccccc2)c2ncccc2C1(Cc1ccncc1)Cc1ccncc1. The summed E-state index contributed by atoms with van der Waals surface area (Å²) < 4.78 is 0. The molecule has 1 atom stereocenters. The number of rotatable bonds is 5. The summed E-state index contributed by atoms with van der Waals surface area (Å²) in [7, 11) is 0. The predicted octanol–water partition coefficient (Wildman–Crippen LogP) is 4.31. The average Bonchev–Trinajstić information content (AvgIpc) is 3.04. The number of Topliss-reactive ketones (excluding diaryl/α,β-unsaturated/α-hetero) is 1. The van der Waals surface area contributed by atoms with Gasteiger partial charge in [0.25, 0.3) is 0 Å².